The largest absolute Gasteiger partial charge is 0.314 e. The number of rotatable bonds is 2. The van der Waals surface area contributed by atoms with Crippen molar-refractivity contribution in [3.05, 3.63) is 28.2 Å². The zero-order valence-electron chi connectivity index (χ0n) is 6.66. The molecule has 0 radical (unpaired) electrons. The van der Waals surface area contributed by atoms with E-state index in [1.807, 2.05) is 7.05 Å². The van der Waals surface area contributed by atoms with Gasteiger partial charge in [-0.15, -0.1) is 0 Å². The second-order valence-corrected chi connectivity index (χ2v) is 2.32. The highest BCUT2D eigenvalue weighted by molar-refractivity contribution is 4.99. The summed E-state index contributed by atoms with van der Waals surface area (Å²) in [5.41, 5.74) is 0.791. The van der Waals surface area contributed by atoms with Crippen molar-refractivity contribution in [3.8, 4) is 0 Å². The Kier molecular flexibility index (Phi) is 2.38. The molecule has 4 nitrogen and oxygen atoms in total. The van der Waals surface area contributed by atoms with Gasteiger partial charge in [0.1, 0.15) is 0 Å². The lowest BCUT2D eigenvalue weighted by molar-refractivity contribution is 0.656. The van der Waals surface area contributed by atoms with Gasteiger partial charge < -0.3 is 5.32 Å². The number of aromatic nitrogens is 2. The summed E-state index contributed by atoms with van der Waals surface area (Å²) in [4.78, 5) is 10.9. The summed E-state index contributed by atoms with van der Waals surface area (Å²) in [6.07, 6.45) is 0. The maximum atomic E-state index is 10.9. The van der Waals surface area contributed by atoms with Gasteiger partial charge in [-0.05, 0) is 13.1 Å². The zero-order chi connectivity index (χ0) is 8.27. The van der Waals surface area contributed by atoms with Crippen LogP contribution in [0.2, 0.25) is 0 Å². The number of aryl methyl sites for hydroxylation is 1. The topological polar surface area (TPSA) is 46.9 Å². The predicted octanol–water partition coefficient (Wildman–Crippen LogP) is -0.500. The minimum absolute atomic E-state index is 0.0788. The average Bonchev–Trinajstić information content (AvgIpc) is 1.98. The van der Waals surface area contributed by atoms with Crippen molar-refractivity contribution in [2.24, 2.45) is 7.05 Å². The van der Waals surface area contributed by atoms with Crippen molar-refractivity contribution in [2.45, 2.75) is 6.54 Å². The van der Waals surface area contributed by atoms with E-state index in [0.717, 1.165) is 5.69 Å². The molecule has 1 aromatic rings. The third-order valence-corrected chi connectivity index (χ3v) is 1.37. The molecule has 0 spiro atoms. The van der Waals surface area contributed by atoms with E-state index in [4.69, 9.17) is 0 Å². The molecule has 1 rings (SSSR count). The molecule has 0 unspecified atom stereocenters. The highest BCUT2D eigenvalue weighted by Crippen LogP contribution is 1.86. The van der Waals surface area contributed by atoms with E-state index in [0.29, 0.717) is 6.54 Å². The Morgan fingerprint density at radius 2 is 2.36 bits per heavy atom. The van der Waals surface area contributed by atoms with Crippen LogP contribution < -0.4 is 10.9 Å². The maximum absolute atomic E-state index is 10.9. The van der Waals surface area contributed by atoms with E-state index >= 15 is 0 Å². The number of nitrogens with one attached hydrogen (secondary N) is 1. The molecule has 11 heavy (non-hydrogen) atoms. The first-order valence-corrected chi connectivity index (χ1v) is 3.42. The third kappa shape index (κ3) is 1.88. The van der Waals surface area contributed by atoms with Crippen LogP contribution in [0.1, 0.15) is 5.69 Å². The Balaban J connectivity index is 2.96. The van der Waals surface area contributed by atoms with Gasteiger partial charge in [0.2, 0.25) is 0 Å². The second kappa shape index (κ2) is 3.30. The highest BCUT2D eigenvalue weighted by atomic mass is 16.1. The smallest absolute Gasteiger partial charge is 0.266 e. The Bertz CT molecular complexity index is 292. The molecule has 0 aliphatic rings. The molecular formula is C7H11N3O. The lowest BCUT2D eigenvalue weighted by atomic mass is 10.4. The Labute approximate surface area is 64.9 Å². The first kappa shape index (κ1) is 7.94. The molecule has 1 N–H and O–H groups in total. The van der Waals surface area contributed by atoms with Crippen LogP contribution >= 0.6 is 0 Å². The quantitative estimate of drug-likeness (QED) is 0.623. The van der Waals surface area contributed by atoms with Gasteiger partial charge in [0, 0.05) is 19.7 Å². The maximum Gasteiger partial charge on any atom is 0.266 e. The number of hydrogen-bond donors (Lipinski definition) is 1. The Morgan fingerprint density at radius 3 is 2.91 bits per heavy atom. The fraction of sp³-hybridized carbons (Fsp3) is 0.429. The lowest BCUT2D eigenvalue weighted by Gasteiger charge is -1.99. The minimum atomic E-state index is -0.0788. The van der Waals surface area contributed by atoms with Crippen LogP contribution in [0.5, 0.6) is 0 Å². The van der Waals surface area contributed by atoms with Gasteiger partial charge >= 0.3 is 0 Å². The number of nitrogens with zero attached hydrogens (tertiary/aromatic N) is 2. The van der Waals surface area contributed by atoms with Crippen molar-refractivity contribution in [3.63, 3.8) is 0 Å². The molecule has 0 bridgehead atoms. The molecule has 0 aromatic carbocycles. The van der Waals surface area contributed by atoms with Gasteiger partial charge in [0.05, 0.1) is 5.69 Å². The van der Waals surface area contributed by atoms with E-state index in [1.165, 1.54) is 10.7 Å². The summed E-state index contributed by atoms with van der Waals surface area (Å²) in [7, 11) is 3.48. The molecule has 4 heteroatoms. The molecule has 0 atom stereocenters. The molecule has 0 amide bonds. The van der Waals surface area contributed by atoms with Crippen LogP contribution in [0, 0.1) is 0 Å². The van der Waals surface area contributed by atoms with Gasteiger partial charge in [-0.3, -0.25) is 4.79 Å². The monoisotopic (exact) mass is 153 g/mol. The first-order chi connectivity index (χ1) is 5.24. The minimum Gasteiger partial charge on any atom is -0.314 e. The van der Waals surface area contributed by atoms with Crippen LogP contribution in [0.25, 0.3) is 0 Å². The van der Waals surface area contributed by atoms with Gasteiger partial charge in [-0.2, -0.15) is 5.10 Å². The molecule has 1 aromatic heterocycles. The van der Waals surface area contributed by atoms with Gasteiger partial charge in [-0.25, -0.2) is 4.68 Å². The van der Waals surface area contributed by atoms with Crippen LogP contribution in [0.15, 0.2) is 16.9 Å². The lowest BCUT2D eigenvalue weighted by Crippen LogP contribution is -2.21. The molecule has 60 valence electrons. The molecule has 0 saturated heterocycles. The summed E-state index contributed by atoms with van der Waals surface area (Å²) in [5.74, 6) is 0. The van der Waals surface area contributed by atoms with Gasteiger partial charge in [0.25, 0.3) is 5.56 Å². The van der Waals surface area contributed by atoms with E-state index in [-0.39, 0.29) is 5.56 Å². The zero-order valence-corrected chi connectivity index (χ0v) is 6.66. The molecule has 0 fully saturated rings. The highest BCUT2D eigenvalue weighted by Gasteiger charge is 1.93. The Hall–Kier alpha value is -1.16. The SMILES string of the molecule is CNCc1ccc(=O)n(C)n1. The predicted molar refractivity (Wildman–Crippen MR) is 42.2 cm³/mol. The normalized spacial score (nSPS) is 10.0. The molecule has 0 aliphatic carbocycles. The van der Waals surface area contributed by atoms with Crippen LogP contribution in [-0.2, 0) is 13.6 Å². The van der Waals surface area contributed by atoms with Crippen LogP contribution in [0.4, 0.5) is 0 Å². The summed E-state index contributed by atoms with van der Waals surface area (Å²) in [6, 6.07) is 3.23. The van der Waals surface area contributed by atoms with E-state index in [9.17, 15) is 4.79 Å². The fourth-order valence-corrected chi connectivity index (χ4v) is 0.826. The molecule has 1 heterocycles. The van der Waals surface area contributed by atoms with Gasteiger partial charge in [0.15, 0.2) is 0 Å². The summed E-state index contributed by atoms with van der Waals surface area (Å²) >= 11 is 0. The first-order valence-electron chi connectivity index (χ1n) is 3.42. The van der Waals surface area contributed by atoms with E-state index in [2.05, 4.69) is 10.4 Å². The fourth-order valence-electron chi connectivity index (χ4n) is 0.826. The third-order valence-electron chi connectivity index (χ3n) is 1.37. The second-order valence-electron chi connectivity index (χ2n) is 2.32. The Morgan fingerprint density at radius 1 is 1.64 bits per heavy atom. The van der Waals surface area contributed by atoms with Gasteiger partial charge in [-0.1, -0.05) is 0 Å². The van der Waals surface area contributed by atoms with Crippen LogP contribution in [0.3, 0.4) is 0 Å². The molecule has 0 aliphatic heterocycles. The van der Waals surface area contributed by atoms with E-state index in [1.54, 1.807) is 13.1 Å². The van der Waals surface area contributed by atoms with Crippen molar-refractivity contribution in [1.29, 1.82) is 0 Å². The summed E-state index contributed by atoms with van der Waals surface area (Å²) in [5, 5.41) is 6.96. The summed E-state index contributed by atoms with van der Waals surface area (Å²) in [6.45, 7) is 0.689. The van der Waals surface area contributed by atoms with Crippen molar-refractivity contribution >= 4 is 0 Å². The average molecular weight is 153 g/mol. The van der Waals surface area contributed by atoms with Crippen molar-refractivity contribution in [1.82, 2.24) is 15.1 Å². The molecule has 0 saturated carbocycles. The van der Waals surface area contributed by atoms with Crippen molar-refractivity contribution in [2.75, 3.05) is 7.05 Å². The summed E-state index contributed by atoms with van der Waals surface area (Å²) < 4.78 is 1.33. The standard InChI is InChI=1S/C7H11N3O/c1-8-5-6-3-4-7(11)10(2)9-6/h3-4,8H,5H2,1-2H3. The van der Waals surface area contributed by atoms with E-state index < -0.39 is 0 Å². The number of hydrogen-bond acceptors (Lipinski definition) is 3. The van der Waals surface area contributed by atoms with Crippen LogP contribution in [-0.4, -0.2) is 16.8 Å². The van der Waals surface area contributed by atoms with Crippen molar-refractivity contribution < 1.29 is 0 Å². The molecular weight excluding hydrogens is 142 g/mol.